The van der Waals surface area contributed by atoms with Crippen LogP contribution in [-0.2, 0) is 13.2 Å². The summed E-state index contributed by atoms with van der Waals surface area (Å²) in [5.74, 6) is 1.51. The maximum Gasteiger partial charge on any atom is 0.139 e. The van der Waals surface area contributed by atoms with Gasteiger partial charge in [-0.15, -0.1) is 0 Å². The summed E-state index contributed by atoms with van der Waals surface area (Å²) < 4.78 is 11.8. The van der Waals surface area contributed by atoms with Crippen molar-refractivity contribution in [2.75, 3.05) is 0 Å². The van der Waals surface area contributed by atoms with Gasteiger partial charge in [-0.3, -0.25) is 0 Å². The predicted octanol–water partition coefficient (Wildman–Crippen LogP) is 6.65. The summed E-state index contributed by atoms with van der Waals surface area (Å²) in [6.45, 7) is 1.03. The van der Waals surface area contributed by atoms with Gasteiger partial charge < -0.3 is 9.47 Å². The second kappa shape index (κ2) is 8.15. The molecule has 0 radical (unpaired) electrons. The third-order valence-electron chi connectivity index (χ3n) is 4.35. The minimum Gasteiger partial charge on any atom is -0.489 e. The molecule has 0 aliphatic heterocycles. The molecule has 4 aromatic carbocycles. The predicted molar refractivity (Wildman–Crippen MR) is 111 cm³/mol. The number of ether oxygens (including phenoxy) is 2. The number of fused-ring (bicyclic) bond motifs is 1. The molecule has 0 fully saturated rings. The molecular weight excluding hydrogens is 356 g/mol. The average Bonchev–Trinajstić information content (AvgIpc) is 2.72. The number of rotatable bonds is 6. The van der Waals surface area contributed by atoms with Gasteiger partial charge in [-0.2, -0.15) is 0 Å². The Morgan fingerprint density at radius 2 is 1.22 bits per heavy atom. The fraction of sp³-hybridized carbons (Fsp3) is 0.0833. The van der Waals surface area contributed by atoms with Crippen molar-refractivity contribution in [2.24, 2.45) is 0 Å². The Kier molecular flexibility index (Phi) is 5.27. The van der Waals surface area contributed by atoms with Crippen LogP contribution in [0.3, 0.4) is 0 Å². The molecule has 0 atom stereocenters. The van der Waals surface area contributed by atoms with Gasteiger partial charge in [0.05, 0.1) is 5.02 Å². The number of hydrogen-bond acceptors (Lipinski definition) is 2. The van der Waals surface area contributed by atoms with Crippen molar-refractivity contribution in [1.82, 2.24) is 0 Å². The van der Waals surface area contributed by atoms with Crippen LogP contribution in [-0.4, -0.2) is 0 Å². The minimum atomic E-state index is 0.490. The molecule has 0 heterocycles. The first kappa shape index (κ1) is 17.4. The molecule has 0 spiro atoms. The number of halogens is 1. The van der Waals surface area contributed by atoms with E-state index in [1.807, 2.05) is 91.0 Å². The van der Waals surface area contributed by atoms with E-state index in [0.29, 0.717) is 24.0 Å². The highest BCUT2D eigenvalue weighted by Crippen LogP contribution is 2.32. The van der Waals surface area contributed by atoms with Crippen LogP contribution >= 0.6 is 11.6 Å². The molecule has 0 saturated heterocycles. The maximum atomic E-state index is 6.43. The lowest BCUT2D eigenvalue weighted by atomic mass is 10.1. The number of hydrogen-bond donors (Lipinski definition) is 0. The van der Waals surface area contributed by atoms with Crippen LogP contribution in [0.2, 0.25) is 5.02 Å². The van der Waals surface area contributed by atoms with E-state index in [2.05, 4.69) is 0 Å². The van der Waals surface area contributed by atoms with E-state index in [9.17, 15) is 0 Å². The van der Waals surface area contributed by atoms with E-state index in [4.69, 9.17) is 21.1 Å². The molecule has 0 amide bonds. The lowest BCUT2D eigenvalue weighted by Gasteiger charge is -2.11. The normalized spacial score (nSPS) is 10.7. The Morgan fingerprint density at radius 3 is 1.89 bits per heavy atom. The highest BCUT2D eigenvalue weighted by atomic mass is 35.5. The van der Waals surface area contributed by atoms with Crippen LogP contribution in [0.25, 0.3) is 10.8 Å². The van der Waals surface area contributed by atoms with Crippen LogP contribution < -0.4 is 9.47 Å². The summed E-state index contributed by atoms with van der Waals surface area (Å²) in [6, 6.07) is 30.1. The van der Waals surface area contributed by atoms with Crippen LogP contribution in [0, 0.1) is 0 Å². The van der Waals surface area contributed by atoms with E-state index in [0.717, 1.165) is 27.6 Å². The van der Waals surface area contributed by atoms with Gasteiger partial charge in [-0.25, -0.2) is 0 Å². The molecule has 27 heavy (non-hydrogen) atoms. The first-order chi connectivity index (χ1) is 13.3. The second-order valence-corrected chi connectivity index (χ2v) is 6.75. The van der Waals surface area contributed by atoms with E-state index in [-0.39, 0.29) is 0 Å². The molecule has 3 heteroatoms. The fourth-order valence-electron chi connectivity index (χ4n) is 2.90. The van der Waals surface area contributed by atoms with Gasteiger partial charge >= 0.3 is 0 Å². The summed E-state index contributed by atoms with van der Waals surface area (Å²) in [6.07, 6.45) is 0. The van der Waals surface area contributed by atoms with E-state index in [1.165, 1.54) is 0 Å². The maximum absolute atomic E-state index is 6.43. The summed E-state index contributed by atoms with van der Waals surface area (Å²) in [5.41, 5.74) is 2.25. The lowest BCUT2D eigenvalue weighted by molar-refractivity contribution is 0.306. The van der Waals surface area contributed by atoms with Gasteiger partial charge in [0.25, 0.3) is 0 Å². The molecule has 0 aliphatic carbocycles. The van der Waals surface area contributed by atoms with Gasteiger partial charge in [0.2, 0.25) is 0 Å². The molecular formula is C24H19ClO2. The molecule has 2 nitrogen and oxygen atoms in total. The highest BCUT2D eigenvalue weighted by Gasteiger charge is 2.07. The second-order valence-electron chi connectivity index (χ2n) is 6.34. The Labute approximate surface area is 163 Å². The summed E-state index contributed by atoms with van der Waals surface area (Å²) in [4.78, 5) is 0. The van der Waals surface area contributed by atoms with Crippen molar-refractivity contribution in [3.05, 3.63) is 107 Å². The van der Waals surface area contributed by atoms with Crippen molar-refractivity contribution < 1.29 is 9.47 Å². The fourth-order valence-corrected chi connectivity index (χ4v) is 3.13. The topological polar surface area (TPSA) is 18.5 Å². The molecule has 0 unspecified atom stereocenters. The zero-order chi connectivity index (χ0) is 18.5. The standard InChI is InChI=1S/C24H19ClO2/c25-23-14-21-13-22(26-16-18-7-3-1-4-8-18)12-11-20(21)15-24(23)27-17-19-9-5-2-6-10-19/h1-15H,16-17H2. The molecule has 0 bridgehead atoms. The Morgan fingerprint density at radius 1 is 0.593 bits per heavy atom. The van der Waals surface area contributed by atoms with Crippen molar-refractivity contribution in [1.29, 1.82) is 0 Å². The molecule has 0 aliphatic rings. The third kappa shape index (κ3) is 4.42. The summed E-state index contributed by atoms with van der Waals surface area (Å²) in [7, 11) is 0. The van der Waals surface area contributed by atoms with Crippen molar-refractivity contribution in [3.63, 3.8) is 0 Å². The highest BCUT2D eigenvalue weighted by molar-refractivity contribution is 6.32. The van der Waals surface area contributed by atoms with Gasteiger partial charge in [-0.05, 0) is 46.2 Å². The molecule has 134 valence electrons. The minimum absolute atomic E-state index is 0.490. The Balaban J connectivity index is 1.49. The zero-order valence-electron chi connectivity index (χ0n) is 14.8. The lowest BCUT2D eigenvalue weighted by Crippen LogP contribution is -1.96. The van der Waals surface area contributed by atoms with Gasteiger partial charge in [-0.1, -0.05) is 78.3 Å². The summed E-state index contributed by atoms with van der Waals surface area (Å²) in [5, 5.41) is 2.69. The van der Waals surface area contributed by atoms with Gasteiger partial charge in [0.15, 0.2) is 0 Å². The van der Waals surface area contributed by atoms with Crippen molar-refractivity contribution in [3.8, 4) is 11.5 Å². The quantitative estimate of drug-likeness (QED) is 0.376. The van der Waals surface area contributed by atoms with Crippen molar-refractivity contribution >= 4 is 22.4 Å². The average molecular weight is 375 g/mol. The smallest absolute Gasteiger partial charge is 0.139 e. The molecule has 0 N–H and O–H groups in total. The summed E-state index contributed by atoms with van der Waals surface area (Å²) >= 11 is 6.43. The number of benzene rings is 4. The first-order valence-corrected chi connectivity index (χ1v) is 9.22. The van der Waals surface area contributed by atoms with Crippen LogP contribution in [0.4, 0.5) is 0 Å². The monoisotopic (exact) mass is 374 g/mol. The third-order valence-corrected chi connectivity index (χ3v) is 4.64. The van der Waals surface area contributed by atoms with E-state index >= 15 is 0 Å². The first-order valence-electron chi connectivity index (χ1n) is 8.85. The molecule has 4 aromatic rings. The molecule has 0 aromatic heterocycles. The van der Waals surface area contributed by atoms with Crippen molar-refractivity contribution in [2.45, 2.75) is 13.2 Å². The van der Waals surface area contributed by atoms with E-state index in [1.54, 1.807) is 0 Å². The van der Waals surface area contributed by atoms with E-state index < -0.39 is 0 Å². The Hall–Kier alpha value is -2.97. The van der Waals surface area contributed by atoms with Gasteiger partial charge in [0.1, 0.15) is 24.7 Å². The van der Waals surface area contributed by atoms with Crippen LogP contribution in [0.5, 0.6) is 11.5 Å². The molecule has 4 rings (SSSR count). The SMILES string of the molecule is Clc1cc2cc(OCc3ccccc3)ccc2cc1OCc1ccccc1. The Bertz CT molecular complexity index is 1030. The largest absolute Gasteiger partial charge is 0.489 e. The van der Waals surface area contributed by atoms with Crippen LogP contribution in [0.1, 0.15) is 11.1 Å². The van der Waals surface area contributed by atoms with Crippen LogP contribution in [0.15, 0.2) is 91.0 Å². The van der Waals surface area contributed by atoms with Gasteiger partial charge in [0, 0.05) is 0 Å². The zero-order valence-corrected chi connectivity index (χ0v) is 15.5. The molecule has 0 saturated carbocycles.